The summed E-state index contributed by atoms with van der Waals surface area (Å²) in [5.74, 6) is -2.16. The van der Waals surface area contributed by atoms with E-state index in [1.54, 1.807) is 12.1 Å². The number of hydrogen-bond acceptors (Lipinski definition) is 6. The quantitative estimate of drug-likeness (QED) is 0.0971. The number of carbonyl (C=O) groups excluding carboxylic acids is 2. The summed E-state index contributed by atoms with van der Waals surface area (Å²) in [5.41, 5.74) is 0.0793. The maximum atomic E-state index is 12.4. The molecule has 1 N–H and O–H groups in total. The third-order valence-corrected chi connectivity index (χ3v) is 6.85. The SMILES string of the molecule is CCCCCCCCCCCCCCCCCCOC(=O)c1ccccc1C(=O)OCCS(=O)(=O)O. The maximum absolute atomic E-state index is 12.4. The number of ether oxygens (including phenoxy) is 2. The van der Waals surface area contributed by atoms with Crippen molar-refractivity contribution in [1.29, 1.82) is 0 Å². The number of rotatable bonds is 22. The second-order valence-electron chi connectivity index (χ2n) is 9.41. The van der Waals surface area contributed by atoms with E-state index in [0.29, 0.717) is 0 Å². The summed E-state index contributed by atoms with van der Waals surface area (Å²) in [6.45, 7) is 2.04. The predicted molar refractivity (Wildman–Crippen MR) is 143 cm³/mol. The van der Waals surface area contributed by atoms with Gasteiger partial charge in [-0.2, -0.15) is 8.42 Å². The summed E-state index contributed by atoms with van der Waals surface area (Å²) in [6.07, 6.45) is 20.3. The van der Waals surface area contributed by atoms with Crippen LogP contribution in [0.25, 0.3) is 0 Å². The molecule has 0 spiro atoms. The fourth-order valence-electron chi connectivity index (χ4n) is 4.05. The van der Waals surface area contributed by atoms with Crippen LogP contribution >= 0.6 is 0 Å². The van der Waals surface area contributed by atoms with Crippen molar-refractivity contribution in [2.45, 2.75) is 110 Å². The molecule has 1 aromatic carbocycles. The van der Waals surface area contributed by atoms with Crippen molar-refractivity contribution in [3.63, 3.8) is 0 Å². The molecular weight excluding hydrogens is 480 g/mol. The lowest BCUT2D eigenvalue weighted by Crippen LogP contribution is -2.18. The van der Waals surface area contributed by atoms with Crippen LogP contribution in [0.1, 0.15) is 130 Å². The van der Waals surface area contributed by atoms with Gasteiger partial charge in [0.05, 0.1) is 17.7 Å². The normalized spacial score (nSPS) is 11.4. The molecule has 8 heteroatoms. The Bertz CT molecular complexity index is 836. The van der Waals surface area contributed by atoms with E-state index >= 15 is 0 Å². The molecule has 0 unspecified atom stereocenters. The lowest BCUT2D eigenvalue weighted by Gasteiger charge is -2.09. The Morgan fingerprint density at radius 3 is 1.39 bits per heavy atom. The van der Waals surface area contributed by atoms with Crippen molar-refractivity contribution in [3.05, 3.63) is 35.4 Å². The summed E-state index contributed by atoms with van der Waals surface area (Å²) in [4.78, 5) is 24.6. The Morgan fingerprint density at radius 2 is 1.00 bits per heavy atom. The first kappa shape index (κ1) is 32.1. The van der Waals surface area contributed by atoms with E-state index in [1.165, 1.54) is 95.6 Å². The highest BCUT2D eigenvalue weighted by molar-refractivity contribution is 7.85. The molecule has 36 heavy (non-hydrogen) atoms. The van der Waals surface area contributed by atoms with Gasteiger partial charge < -0.3 is 9.47 Å². The summed E-state index contributed by atoms with van der Waals surface area (Å²) >= 11 is 0. The van der Waals surface area contributed by atoms with Gasteiger partial charge in [0.15, 0.2) is 0 Å². The number of carbonyl (C=O) groups is 2. The van der Waals surface area contributed by atoms with Gasteiger partial charge in [0.2, 0.25) is 0 Å². The molecule has 0 amide bonds. The van der Waals surface area contributed by atoms with Crippen molar-refractivity contribution in [2.24, 2.45) is 0 Å². The zero-order valence-electron chi connectivity index (χ0n) is 22.0. The van der Waals surface area contributed by atoms with Crippen LogP contribution in [0, 0.1) is 0 Å². The van der Waals surface area contributed by atoms with E-state index in [2.05, 4.69) is 6.92 Å². The van der Waals surface area contributed by atoms with Crippen LogP contribution in [-0.4, -0.2) is 43.9 Å². The molecule has 0 aromatic heterocycles. The zero-order chi connectivity index (χ0) is 26.5. The molecule has 1 rings (SSSR count). The van der Waals surface area contributed by atoms with E-state index in [-0.39, 0.29) is 17.7 Å². The first-order valence-electron chi connectivity index (χ1n) is 13.7. The largest absolute Gasteiger partial charge is 0.462 e. The summed E-state index contributed by atoms with van der Waals surface area (Å²) in [6, 6.07) is 6.07. The monoisotopic (exact) mass is 526 g/mol. The summed E-state index contributed by atoms with van der Waals surface area (Å²) in [5, 5.41) is 0. The second kappa shape index (κ2) is 20.2. The number of esters is 2. The Morgan fingerprint density at radius 1 is 0.639 bits per heavy atom. The first-order valence-corrected chi connectivity index (χ1v) is 15.3. The minimum atomic E-state index is -4.23. The molecule has 0 fully saturated rings. The Hall–Kier alpha value is -1.93. The average Bonchev–Trinajstić information content (AvgIpc) is 2.85. The molecule has 0 aliphatic rings. The predicted octanol–water partition coefficient (Wildman–Crippen LogP) is 7.15. The van der Waals surface area contributed by atoms with E-state index in [0.717, 1.165) is 19.3 Å². The molecule has 0 saturated heterocycles. The van der Waals surface area contributed by atoms with Gasteiger partial charge >= 0.3 is 11.9 Å². The molecule has 7 nitrogen and oxygen atoms in total. The van der Waals surface area contributed by atoms with Gasteiger partial charge in [0.1, 0.15) is 12.4 Å². The molecule has 0 atom stereocenters. The highest BCUT2D eigenvalue weighted by atomic mass is 32.2. The van der Waals surface area contributed by atoms with Gasteiger partial charge in [-0.1, -0.05) is 115 Å². The fraction of sp³-hybridized carbons (Fsp3) is 0.714. The number of hydrogen-bond donors (Lipinski definition) is 1. The van der Waals surface area contributed by atoms with E-state index in [9.17, 15) is 18.0 Å². The molecule has 0 radical (unpaired) electrons. The highest BCUT2D eigenvalue weighted by Gasteiger charge is 2.19. The van der Waals surface area contributed by atoms with E-state index in [1.807, 2.05) is 0 Å². The maximum Gasteiger partial charge on any atom is 0.339 e. The van der Waals surface area contributed by atoms with Gasteiger partial charge in [-0.15, -0.1) is 0 Å². The Labute approximate surface area is 218 Å². The third-order valence-electron chi connectivity index (χ3n) is 6.17. The molecule has 0 heterocycles. The highest BCUT2D eigenvalue weighted by Crippen LogP contribution is 2.15. The lowest BCUT2D eigenvalue weighted by molar-refractivity contribution is 0.0463. The van der Waals surface area contributed by atoms with Gasteiger partial charge in [-0.3, -0.25) is 4.55 Å². The van der Waals surface area contributed by atoms with Crippen molar-refractivity contribution in [3.8, 4) is 0 Å². The third kappa shape index (κ3) is 16.7. The summed E-state index contributed by atoms with van der Waals surface area (Å²) in [7, 11) is -4.23. The van der Waals surface area contributed by atoms with Crippen molar-refractivity contribution in [1.82, 2.24) is 0 Å². The number of unbranched alkanes of at least 4 members (excludes halogenated alkanes) is 15. The van der Waals surface area contributed by atoms with Gasteiger partial charge in [-0.05, 0) is 18.6 Å². The molecule has 0 aliphatic carbocycles. The van der Waals surface area contributed by atoms with Gasteiger partial charge in [0, 0.05) is 0 Å². The molecule has 0 bridgehead atoms. The van der Waals surface area contributed by atoms with Crippen LogP contribution in [0.3, 0.4) is 0 Å². The molecular formula is C28H46O7S. The van der Waals surface area contributed by atoms with E-state index in [4.69, 9.17) is 14.0 Å². The minimum absolute atomic E-state index is 0.00446. The lowest BCUT2D eigenvalue weighted by atomic mass is 10.0. The van der Waals surface area contributed by atoms with Gasteiger partial charge in [0.25, 0.3) is 10.1 Å². The minimum Gasteiger partial charge on any atom is -0.462 e. The first-order chi connectivity index (χ1) is 17.3. The smallest absolute Gasteiger partial charge is 0.339 e. The van der Waals surface area contributed by atoms with Crippen LogP contribution < -0.4 is 0 Å². The van der Waals surface area contributed by atoms with Crippen molar-refractivity contribution in [2.75, 3.05) is 19.0 Å². The average molecular weight is 527 g/mol. The Kier molecular flexibility index (Phi) is 18.0. The Balaban J connectivity index is 2.07. The van der Waals surface area contributed by atoms with Crippen molar-refractivity contribution >= 4 is 22.1 Å². The summed E-state index contributed by atoms with van der Waals surface area (Å²) < 4.78 is 40.4. The van der Waals surface area contributed by atoms with Gasteiger partial charge in [-0.25, -0.2) is 9.59 Å². The van der Waals surface area contributed by atoms with Crippen LogP contribution in [0.4, 0.5) is 0 Å². The topological polar surface area (TPSA) is 107 Å². The van der Waals surface area contributed by atoms with Crippen LogP contribution in [-0.2, 0) is 19.6 Å². The van der Waals surface area contributed by atoms with Crippen LogP contribution in [0.15, 0.2) is 24.3 Å². The molecule has 0 saturated carbocycles. The molecule has 0 aliphatic heterocycles. The zero-order valence-corrected chi connectivity index (χ0v) is 22.9. The van der Waals surface area contributed by atoms with Crippen molar-refractivity contribution < 1.29 is 32.0 Å². The molecule has 1 aromatic rings. The van der Waals surface area contributed by atoms with Crippen LogP contribution in [0.5, 0.6) is 0 Å². The number of benzene rings is 1. The van der Waals surface area contributed by atoms with E-state index < -0.39 is 34.4 Å². The standard InChI is InChI=1S/C28H46O7S/c1-2-3-4-5-6-7-8-9-10-11-12-13-14-15-16-19-22-34-27(29)25-20-17-18-21-26(25)28(30)35-23-24-36(31,32)33/h17-18,20-21H,2-16,19,22-24H2,1H3,(H,31,32,33). The molecule has 206 valence electrons. The fourth-order valence-corrected chi connectivity index (χ4v) is 4.34. The van der Waals surface area contributed by atoms with Crippen LogP contribution in [0.2, 0.25) is 0 Å². The second-order valence-corrected chi connectivity index (χ2v) is 11.0.